The quantitative estimate of drug-likeness (QED) is 0.762. The van der Waals surface area contributed by atoms with Crippen molar-refractivity contribution in [3.05, 3.63) is 24.0 Å². The van der Waals surface area contributed by atoms with Crippen molar-refractivity contribution in [1.82, 2.24) is 4.98 Å². The predicted octanol–water partition coefficient (Wildman–Crippen LogP) is 0.782. The van der Waals surface area contributed by atoms with Crippen molar-refractivity contribution in [1.29, 1.82) is 0 Å². The highest BCUT2D eigenvalue weighted by atomic mass is 19.3. The third kappa shape index (κ3) is 2.36. The molecule has 4 nitrogen and oxygen atoms in total. The molecular weight excluding hydrogens is 182 g/mol. The van der Waals surface area contributed by atoms with Crippen LogP contribution in [0.25, 0.3) is 0 Å². The molecule has 0 saturated carbocycles. The van der Waals surface area contributed by atoms with Crippen LogP contribution in [-0.2, 0) is 0 Å². The fourth-order valence-corrected chi connectivity index (χ4v) is 0.765. The summed E-state index contributed by atoms with van der Waals surface area (Å²) in [6.07, 6.45) is 2.30. The van der Waals surface area contributed by atoms with Crippen molar-refractivity contribution in [2.75, 3.05) is 0 Å². The molecule has 0 atom stereocenters. The van der Waals surface area contributed by atoms with Crippen LogP contribution in [0, 0.1) is 0 Å². The molecule has 6 heteroatoms. The van der Waals surface area contributed by atoms with E-state index < -0.39 is 12.5 Å². The van der Waals surface area contributed by atoms with Crippen molar-refractivity contribution in [2.45, 2.75) is 6.61 Å². The van der Waals surface area contributed by atoms with Gasteiger partial charge in [-0.05, 0) is 6.07 Å². The minimum Gasteiger partial charge on any atom is -0.434 e. The van der Waals surface area contributed by atoms with Gasteiger partial charge >= 0.3 is 6.61 Å². The second kappa shape index (κ2) is 3.79. The summed E-state index contributed by atoms with van der Waals surface area (Å²) in [5.41, 5.74) is 4.72. The fourth-order valence-electron chi connectivity index (χ4n) is 0.765. The molecule has 1 heterocycles. The fraction of sp³-hybridized carbons (Fsp3) is 0.143. The molecule has 1 aromatic heterocycles. The van der Waals surface area contributed by atoms with E-state index in [1.54, 1.807) is 0 Å². The Kier molecular flexibility index (Phi) is 2.73. The Morgan fingerprint density at radius 1 is 1.62 bits per heavy atom. The first kappa shape index (κ1) is 9.37. The number of alkyl halides is 2. The van der Waals surface area contributed by atoms with Crippen LogP contribution in [0.5, 0.6) is 5.75 Å². The molecule has 0 aromatic carbocycles. The van der Waals surface area contributed by atoms with Crippen LogP contribution in [-0.4, -0.2) is 17.5 Å². The van der Waals surface area contributed by atoms with Crippen LogP contribution < -0.4 is 10.5 Å². The standard InChI is InChI=1S/C7H6F2N2O2/c8-7(9)13-5-1-2-11-3-4(5)6(10)12/h1-3,7H,(H2,10,12). The number of carbonyl (C=O) groups excluding carboxylic acids is 1. The first-order valence-corrected chi connectivity index (χ1v) is 3.30. The first-order chi connectivity index (χ1) is 6.11. The Labute approximate surface area is 72.3 Å². The van der Waals surface area contributed by atoms with Gasteiger partial charge in [0.25, 0.3) is 5.91 Å². The van der Waals surface area contributed by atoms with Crippen LogP contribution >= 0.6 is 0 Å². The molecule has 0 aliphatic rings. The van der Waals surface area contributed by atoms with E-state index in [0.717, 1.165) is 12.3 Å². The molecular formula is C7H6F2N2O2. The van der Waals surface area contributed by atoms with E-state index in [4.69, 9.17) is 5.73 Å². The number of hydrogen-bond donors (Lipinski definition) is 1. The zero-order chi connectivity index (χ0) is 9.84. The van der Waals surface area contributed by atoms with E-state index in [2.05, 4.69) is 9.72 Å². The highest BCUT2D eigenvalue weighted by Crippen LogP contribution is 2.17. The van der Waals surface area contributed by atoms with Crippen LogP contribution in [0.15, 0.2) is 18.5 Å². The summed E-state index contributed by atoms with van der Waals surface area (Å²) >= 11 is 0. The monoisotopic (exact) mass is 188 g/mol. The van der Waals surface area contributed by atoms with Gasteiger partial charge < -0.3 is 10.5 Å². The predicted molar refractivity (Wildman–Crippen MR) is 39.4 cm³/mol. The number of rotatable bonds is 3. The van der Waals surface area contributed by atoms with Gasteiger partial charge in [-0.1, -0.05) is 0 Å². The van der Waals surface area contributed by atoms with Crippen molar-refractivity contribution in [2.24, 2.45) is 5.73 Å². The maximum absolute atomic E-state index is 11.8. The van der Waals surface area contributed by atoms with E-state index in [1.807, 2.05) is 0 Å². The lowest BCUT2D eigenvalue weighted by molar-refractivity contribution is -0.0501. The molecule has 0 aliphatic carbocycles. The summed E-state index contributed by atoms with van der Waals surface area (Å²) in [7, 11) is 0. The smallest absolute Gasteiger partial charge is 0.387 e. The van der Waals surface area contributed by atoms with Gasteiger partial charge in [-0.15, -0.1) is 0 Å². The lowest BCUT2D eigenvalue weighted by Gasteiger charge is -2.06. The van der Waals surface area contributed by atoms with Gasteiger partial charge in [-0.2, -0.15) is 8.78 Å². The third-order valence-corrected chi connectivity index (χ3v) is 1.26. The summed E-state index contributed by atoms with van der Waals surface area (Å²) in [6.45, 7) is -2.99. The minimum absolute atomic E-state index is 0.164. The van der Waals surface area contributed by atoms with Gasteiger partial charge in [0.05, 0.1) is 5.56 Å². The van der Waals surface area contributed by atoms with Gasteiger partial charge in [0.15, 0.2) is 0 Å². The second-order valence-electron chi connectivity index (χ2n) is 2.11. The molecule has 0 fully saturated rings. The number of hydrogen-bond acceptors (Lipinski definition) is 3. The Hall–Kier alpha value is -1.72. The van der Waals surface area contributed by atoms with Crippen molar-refractivity contribution in [3.63, 3.8) is 0 Å². The molecule has 0 saturated heterocycles. The van der Waals surface area contributed by atoms with E-state index in [-0.39, 0.29) is 11.3 Å². The number of pyridine rings is 1. The Morgan fingerprint density at radius 2 is 2.31 bits per heavy atom. The second-order valence-corrected chi connectivity index (χ2v) is 2.11. The Morgan fingerprint density at radius 3 is 2.85 bits per heavy atom. The molecule has 2 N–H and O–H groups in total. The maximum Gasteiger partial charge on any atom is 0.387 e. The number of amides is 1. The zero-order valence-corrected chi connectivity index (χ0v) is 6.41. The van der Waals surface area contributed by atoms with Gasteiger partial charge in [0.2, 0.25) is 0 Å². The first-order valence-electron chi connectivity index (χ1n) is 3.30. The van der Waals surface area contributed by atoms with E-state index in [0.29, 0.717) is 0 Å². The van der Waals surface area contributed by atoms with E-state index in [9.17, 15) is 13.6 Å². The maximum atomic E-state index is 11.8. The average molecular weight is 188 g/mol. The molecule has 0 aliphatic heterocycles. The van der Waals surface area contributed by atoms with Crippen LogP contribution in [0.4, 0.5) is 8.78 Å². The van der Waals surface area contributed by atoms with Gasteiger partial charge in [-0.25, -0.2) is 0 Å². The van der Waals surface area contributed by atoms with Crippen molar-refractivity contribution < 1.29 is 18.3 Å². The Balaban J connectivity index is 2.98. The normalized spacial score (nSPS) is 10.1. The zero-order valence-electron chi connectivity index (χ0n) is 6.41. The SMILES string of the molecule is NC(=O)c1cnccc1OC(F)F. The van der Waals surface area contributed by atoms with Gasteiger partial charge in [0.1, 0.15) is 5.75 Å². The molecule has 0 spiro atoms. The molecule has 1 amide bonds. The number of primary amides is 1. The Bertz CT molecular complexity index is 317. The highest BCUT2D eigenvalue weighted by Gasteiger charge is 2.12. The summed E-state index contributed by atoms with van der Waals surface area (Å²) in [5.74, 6) is -1.12. The number of nitrogens with two attached hydrogens (primary N) is 1. The molecule has 1 aromatic rings. The summed E-state index contributed by atoms with van der Waals surface area (Å²) in [5, 5.41) is 0. The summed E-state index contributed by atoms with van der Waals surface area (Å²) in [6, 6.07) is 1.15. The van der Waals surface area contributed by atoms with Gasteiger partial charge in [0, 0.05) is 12.4 Å². The van der Waals surface area contributed by atoms with Gasteiger partial charge in [-0.3, -0.25) is 9.78 Å². The molecule has 0 unspecified atom stereocenters. The van der Waals surface area contributed by atoms with Crippen LogP contribution in [0.3, 0.4) is 0 Å². The lowest BCUT2D eigenvalue weighted by Crippen LogP contribution is -2.14. The van der Waals surface area contributed by atoms with Crippen molar-refractivity contribution >= 4 is 5.91 Å². The van der Waals surface area contributed by atoms with E-state index in [1.165, 1.54) is 6.20 Å². The largest absolute Gasteiger partial charge is 0.434 e. The topological polar surface area (TPSA) is 65.2 Å². The number of carbonyl (C=O) groups is 1. The number of halogens is 2. The number of aromatic nitrogens is 1. The number of ether oxygens (including phenoxy) is 1. The molecule has 0 radical (unpaired) electrons. The van der Waals surface area contributed by atoms with Crippen LogP contribution in [0.1, 0.15) is 10.4 Å². The molecule has 70 valence electrons. The summed E-state index contributed by atoms with van der Waals surface area (Å²) in [4.78, 5) is 14.2. The molecule has 13 heavy (non-hydrogen) atoms. The summed E-state index contributed by atoms with van der Waals surface area (Å²) < 4.78 is 27.6. The highest BCUT2D eigenvalue weighted by molar-refractivity contribution is 5.95. The average Bonchev–Trinajstić information content (AvgIpc) is 2.03. The lowest BCUT2D eigenvalue weighted by atomic mass is 10.2. The van der Waals surface area contributed by atoms with Crippen molar-refractivity contribution in [3.8, 4) is 5.75 Å². The van der Waals surface area contributed by atoms with E-state index >= 15 is 0 Å². The molecule has 0 bridgehead atoms. The number of nitrogens with zero attached hydrogens (tertiary/aromatic N) is 1. The minimum atomic E-state index is -2.99. The van der Waals surface area contributed by atoms with Crippen LogP contribution in [0.2, 0.25) is 0 Å². The molecule has 1 rings (SSSR count). The third-order valence-electron chi connectivity index (χ3n) is 1.26.